The van der Waals surface area contributed by atoms with E-state index in [2.05, 4.69) is 18.7 Å². The highest BCUT2D eigenvalue weighted by molar-refractivity contribution is 5.26. The number of rotatable bonds is 6. The summed E-state index contributed by atoms with van der Waals surface area (Å²) in [5, 5.41) is 10.2. The van der Waals surface area contributed by atoms with E-state index < -0.39 is 6.10 Å². The van der Waals surface area contributed by atoms with Crippen LogP contribution in [0.25, 0.3) is 0 Å². The van der Waals surface area contributed by atoms with E-state index >= 15 is 0 Å². The molecule has 0 radical (unpaired) electrons. The molecule has 20 heavy (non-hydrogen) atoms. The van der Waals surface area contributed by atoms with Crippen LogP contribution in [0, 0.1) is 6.92 Å². The third kappa shape index (κ3) is 4.50. The topological polar surface area (TPSA) is 32.7 Å². The number of hydrogen-bond acceptors (Lipinski definition) is 3. The summed E-state index contributed by atoms with van der Waals surface area (Å²) in [7, 11) is 0. The van der Waals surface area contributed by atoms with Crippen LogP contribution in [0.3, 0.4) is 0 Å². The molecule has 0 amide bonds. The number of β-amino-alcohol motifs (C(OH)–C–C–N with tert-alkyl or cyclic N) is 1. The van der Waals surface area contributed by atoms with E-state index in [1.165, 1.54) is 31.2 Å². The van der Waals surface area contributed by atoms with Crippen LogP contribution in [0.2, 0.25) is 0 Å². The number of aliphatic hydroxyl groups is 1. The SMILES string of the molecule is CCC1CCCCN1CC(O)COc1ccc(C)cc1. The molecule has 1 fully saturated rings. The maximum Gasteiger partial charge on any atom is 0.119 e. The van der Waals surface area contributed by atoms with Gasteiger partial charge in [-0.15, -0.1) is 0 Å². The Labute approximate surface area is 122 Å². The predicted octanol–water partition coefficient (Wildman–Crippen LogP) is 3.00. The fourth-order valence-corrected chi connectivity index (χ4v) is 2.91. The normalized spacial score (nSPS) is 21.6. The third-order valence-electron chi connectivity index (χ3n) is 4.13. The summed E-state index contributed by atoms with van der Waals surface area (Å²) < 4.78 is 5.66. The molecule has 2 rings (SSSR count). The standard InChI is InChI=1S/C17H27NO2/c1-3-15-6-4-5-11-18(15)12-16(19)13-20-17-9-7-14(2)8-10-17/h7-10,15-16,19H,3-6,11-13H2,1-2H3. The lowest BCUT2D eigenvalue weighted by molar-refractivity contribution is 0.0387. The second-order valence-electron chi connectivity index (χ2n) is 5.83. The van der Waals surface area contributed by atoms with Crippen molar-refractivity contribution >= 4 is 0 Å². The molecule has 0 aliphatic carbocycles. The van der Waals surface area contributed by atoms with Gasteiger partial charge in [-0.05, 0) is 44.9 Å². The number of benzene rings is 1. The Balaban J connectivity index is 1.76. The molecule has 3 nitrogen and oxygen atoms in total. The van der Waals surface area contributed by atoms with Crippen molar-refractivity contribution in [1.29, 1.82) is 0 Å². The van der Waals surface area contributed by atoms with Crippen molar-refractivity contribution < 1.29 is 9.84 Å². The van der Waals surface area contributed by atoms with Gasteiger partial charge in [-0.25, -0.2) is 0 Å². The summed E-state index contributed by atoms with van der Waals surface area (Å²) in [6.07, 6.45) is 4.60. The van der Waals surface area contributed by atoms with Crippen molar-refractivity contribution in [2.45, 2.75) is 51.7 Å². The molecule has 1 N–H and O–H groups in total. The smallest absolute Gasteiger partial charge is 0.119 e. The Bertz CT molecular complexity index is 390. The molecule has 0 spiro atoms. The van der Waals surface area contributed by atoms with Gasteiger partial charge in [-0.2, -0.15) is 0 Å². The maximum atomic E-state index is 10.2. The average molecular weight is 277 g/mol. The molecule has 1 heterocycles. The average Bonchev–Trinajstić information content (AvgIpc) is 2.47. The summed E-state index contributed by atoms with van der Waals surface area (Å²) in [6, 6.07) is 8.60. The molecule has 1 saturated heterocycles. The first kappa shape index (κ1) is 15.3. The number of nitrogens with zero attached hydrogens (tertiary/aromatic N) is 1. The van der Waals surface area contributed by atoms with Crippen LogP contribution in [0.1, 0.15) is 38.2 Å². The lowest BCUT2D eigenvalue weighted by atomic mass is 10.00. The van der Waals surface area contributed by atoms with Crippen molar-refractivity contribution in [1.82, 2.24) is 4.90 Å². The molecule has 0 bridgehead atoms. The number of piperidine rings is 1. The van der Waals surface area contributed by atoms with Gasteiger partial charge in [0, 0.05) is 12.6 Å². The zero-order valence-corrected chi connectivity index (χ0v) is 12.7. The molecule has 2 unspecified atom stereocenters. The zero-order valence-electron chi connectivity index (χ0n) is 12.7. The summed E-state index contributed by atoms with van der Waals surface area (Å²) in [5.74, 6) is 0.834. The minimum atomic E-state index is -0.413. The Hall–Kier alpha value is -1.06. The molecule has 1 aromatic rings. The molecular weight excluding hydrogens is 250 g/mol. The lowest BCUT2D eigenvalue weighted by Crippen LogP contribution is -2.44. The van der Waals surface area contributed by atoms with E-state index in [0.717, 1.165) is 18.8 Å². The van der Waals surface area contributed by atoms with Gasteiger partial charge in [0.2, 0.25) is 0 Å². The van der Waals surface area contributed by atoms with Gasteiger partial charge < -0.3 is 9.84 Å². The van der Waals surface area contributed by atoms with Gasteiger partial charge in [-0.3, -0.25) is 4.90 Å². The van der Waals surface area contributed by atoms with Crippen LogP contribution >= 0.6 is 0 Å². The van der Waals surface area contributed by atoms with Crippen molar-refractivity contribution in [2.75, 3.05) is 19.7 Å². The fraction of sp³-hybridized carbons (Fsp3) is 0.647. The van der Waals surface area contributed by atoms with Gasteiger partial charge in [0.25, 0.3) is 0 Å². The van der Waals surface area contributed by atoms with Gasteiger partial charge in [0.15, 0.2) is 0 Å². The Morgan fingerprint density at radius 1 is 1.30 bits per heavy atom. The Morgan fingerprint density at radius 3 is 2.75 bits per heavy atom. The van der Waals surface area contributed by atoms with E-state index in [-0.39, 0.29) is 0 Å². The minimum Gasteiger partial charge on any atom is -0.491 e. The van der Waals surface area contributed by atoms with Crippen molar-refractivity contribution in [2.24, 2.45) is 0 Å². The number of aryl methyl sites for hydroxylation is 1. The number of hydrogen-bond donors (Lipinski definition) is 1. The van der Waals surface area contributed by atoms with Gasteiger partial charge in [-0.1, -0.05) is 31.0 Å². The van der Waals surface area contributed by atoms with E-state index in [0.29, 0.717) is 12.6 Å². The third-order valence-corrected chi connectivity index (χ3v) is 4.13. The van der Waals surface area contributed by atoms with E-state index in [4.69, 9.17) is 4.74 Å². The first-order valence-electron chi connectivity index (χ1n) is 7.80. The van der Waals surface area contributed by atoms with Crippen LogP contribution < -0.4 is 4.74 Å². The summed E-state index contributed by atoms with van der Waals surface area (Å²) in [6.45, 7) is 6.50. The second kappa shape index (κ2) is 7.65. The van der Waals surface area contributed by atoms with E-state index in [1.54, 1.807) is 0 Å². The molecule has 1 aliphatic heterocycles. The van der Waals surface area contributed by atoms with Crippen molar-refractivity contribution in [3.63, 3.8) is 0 Å². The molecule has 1 aliphatic rings. The Kier molecular flexibility index (Phi) is 5.86. The number of ether oxygens (including phenoxy) is 1. The number of likely N-dealkylation sites (tertiary alicyclic amines) is 1. The maximum absolute atomic E-state index is 10.2. The molecule has 3 heteroatoms. The van der Waals surface area contributed by atoms with E-state index in [9.17, 15) is 5.11 Å². The molecule has 0 aromatic heterocycles. The first-order chi connectivity index (χ1) is 9.69. The van der Waals surface area contributed by atoms with Gasteiger partial charge in [0.05, 0.1) is 0 Å². The van der Waals surface area contributed by atoms with Crippen LogP contribution in [0.4, 0.5) is 0 Å². The highest BCUT2D eigenvalue weighted by Crippen LogP contribution is 2.19. The summed E-state index contributed by atoms with van der Waals surface area (Å²) >= 11 is 0. The quantitative estimate of drug-likeness (QED) is 0.867. The molecule has 112 valence electrons. The molecule has 1 aromatic carbocycles. The van der Waals surface area contributed by atoms with Gasteiger partial charge in [0.1, 0.15) is 18.5 Å². The highest BCUT2D eigenvalue weighted by Gasteiger charge is 2.22. The van der Waals surface area contributed by atoms with Crippen molar-refractivity contribution in [3.05, 3.63) is 29.8 Å². The largest absolute Gasteiger partial charge is 0.491 e. The van der Waals surface area contributed by atoms with Crippen LogP contribution in [-0.4, -0.2) is 41.8 Å². The van der Waals surface area contributed by atoms with Crippen LogP contribution in [-0.2, 0) is 0 Å². The molecule has 2 atom stereocenters. The van der Waals surface area contributed by atoms with Crippen LogP contribution in [0.15, 0.2) is 24.3 Å². The fourth-order valence-electron chi connectivity index (χ4n) is 2.91. The van der Waals surface area contributed by atoms with E-state index in [1.807, 2.05) is 24.3 Å². The summed E-state index contributed by atoms with van der Waals surface area (Å²) in [4.78, 5) is 2.42. The zero-order chi connectivity index (χ0) is 14.4. The monoisotopic (exact) mass is 277 g/mol. The molecule has 0 saturated carbocycles. The predicted molar refractivity (Wildman–Crippen MR) is 82.2 cm³/mol. The highest BCUT2D eigenvalue weighted by atomic mass is 16.5. The summed E-state index contributed by atoms with van der Waals surface area (Å²) in [5.41, 5.74) is 1.22. The first-order valence-corrected chi connectivity index (χ1v) is 7.80. The van der Waals surface area contributed by atoms with Gasteiger partial charge >= 0.3 is 0 Å². The molecular formula is C17H27NO2. The van der Waals surface area contributed by atoms with Crippen molar-refractivity contribution in [3.8, 4) is 5.75 Å². The van der Waals surface area contributed by atoms with Crippen LogP contribution in [0.5, 0.6) is 5.75 Å². The number of aliphatic hydroxyl groups excluding tert-OH is 1. The Morgan fingerprint density at radius 2 is 2.05 bits per heavy atom. The lowest BCUT2D eigenvalue weighted by Gasteiger charge is -2.36. The second-order valence-corrected chi connectivity index (χ2v) is 5.83. The minimum absolute atomic E-state index is 0.371.